The summed E-state index contributed by atoms with van der Waals surface area (Å²) in [5.41, 5.74) is 0. The highest BCUT2D eigenvalue weighted by molar-refractivity contribution is 5.71. The molecule has 0 N–H and O–H groups in total. The second kappa shape index (κ2) is 69.6. The van der Waals surface area contributed by atoms with Gasteiger partial charge in [-0.25, -0.2) is 0 Å². The van der Waals surface area contributed by atoms with Gasteiger partial charge >= 0.3 is 17.9 Å². The van der Waals surface area contributed by atoms with Crippen molar-refractivity contribution in [2.45, 2.75) is 386 Å². The van der Waals surface area contributed by atoms with Gasteiger partial charge in [-0.05, 0) is 64.2 Å². The zero-order valence-corrected chi connectivity index (χ0v) is 54.3. The van der Waals surface area contributed by atoms with E-state index in [1.54, 1.807) is 0 Å². The van der Waals surface area contributed by atoms with Crippen molar-refractivity contribution in [3.8, 4) is 0 Å². The molecule has 0 bridgehead atoms. The van der Waals surface area contributed by atoms with E-state index >= 15 is 0 Å². The molecule has 0 radical (unpaired) electrons. The lowest BCUT2D eigenvalue weighted by molar-refractivity contribution is -0.167. The summed E-state index contributed by atoms with van der Waals surface area (Å²) in [6.45, 7) is 6.57. The number of esters is 3. The van der Waals surface area contributed by atoms with E-state index in [9.17, 15) is 14.4 Å². The molecule has 0 aromatic carbocycles. The van der Waals surface area contributed by atoms with Crippen LogP contribution in [0.2, 0.25) is 0 Å². The Kier molecular flexibility index (Phi) is 67.1. The largest absolute Gasteiger partial charge is 0.462 e. The highest BCUT2D eigenvalue weighted by Gasteiger charge is 2.19. The second-order valence-corrected chi connectivity index (χ2v) is 24.1. The Balaban J connectivity index is 4.28. The maximum absolute atomic E-state index is 12.9. The lowest BCUT2D eigenvalue weighted by Crippen LogP contribution is -2.30. The first-order chi connectivity index (χ1) is 40.0. The molecule has 81 heavy (non-hydrogen) atoms. The maximum Gasteiger partial charge on any atom is 0.306 e. The molecule has 472 valence electrons. The third-order valence-electron chi connectivity index (χ3n) is 16.0. The molecule has 0 heterocycles. The molecule has 0 aliphatic carbocycles. The SMILES string of the molecule is CC/C=C\C/C=C\C/C=C\C/C=C\C/C=C\CCCCCC(=O)OC(COC(=O)CCCCCCCCCCCCCCCCCC)COC(=O)CCCCCCCCCCCCCCCCCCCCCCCCCCCCCC. The van der Waals surface area contributed by atoms with Crippen molar-refractivity contribution in [1.29, 1.82) is 0 Å². The van der Waals surface area contributed by atoms with Crippen molar-refractivity contribution in [3.05, 3.63) is 60.8 Å². The van der Waals surface area contributed by atoms with Crippen molar-refractivity contribution in [3.63, 3.8) is 0 Å². The van der Waals surface area contributed by atoms with Crippen molar-refractivity contribution in [1.82, 2.24) is 0 Å². The highest BCUT2D eigenvalue weighted by atomic mass is 16.6. The predicted molar refractivity (Wildman–Crippen MR) is 353 cm³/mol. The Hall–Kier alpha value is -2.89. The number of carbonyl (C=O) groups excluding carboxylic acids is 3. The fourth-order valence-corrected chi connectivity index (χ4v) is 10.7. The van der Waals surface area contributed by atoms with E-state index in [2.05, 4.69) is 81.5 Å². The van der Waals surface area contributed by atoms with Crippen LogP contribution in [0.3, 0.4) is 0 Å². The van der Waals surface area contributed by atoms with Crippen LogP contribution in [0.15, 0.2) is 60.8 Å². The molecule has 0 aliphatic rings. The van der Waals surface area contributed by atoms with Crippen LogP contribution in [0.1, 0.15) is 380 Å². The summed E-state index contributed by atoms with van der Waals surface area (Å²) in [4.78, 5) is 38.4. The molecule has 0 aromatic rings. The van der Waals surface area contributed by atoms with E-state index in [0.29, 0.717) is 19.3 Å². The molecule has 0 spiro atoms. The van der Waals surface area contributed by atoms with Gasteiger partial charge in [-0.3, -0.25) is 14.4 Å². The van der Waals surface area contributed by atoms with Crippen LogP contribution >= 0.6 is 0 Å². The minimum absolute atomic E-state index is 0.0828. The van der Waals surface area contributed by atoms with Gasteiger partial charge in [0, 0.05) is 19.3 Å². The van der Waals surface area contributed by atoms with Gasteiger partial charge in [-0.15, -0.1) is 0 Å². The van der Waals surface area contributed by atoms with E-state index in [1.807, 2.05) is 0 Å². The molecule has 0 amide bonds. The van der Waals surface area contributed by atoms with Crippen molar-refractivity contribution < 1.29 is 28.6 Å². The Labute approximate surface area is 504 Å². The topological polar surface area (TPSA) is 78.9 Å². The van der Waals surface area contributed by atoms with Crippen LogP contribution in [-0.4, -0.2) is 37.2 Å². The molecule has 0 saturated heterocycles. The van der Waals surface area contributed by atoms with Gasteiger partial charge in [0.05, 0.1) is 0 Å². The molecule has 0 aliphatic heterocycles. The molecule has 0 saturated carbocycles. The van der Waals surface area contributed by atoms with Gasteiger partial charge in [0.1, 0.15) is 13.2 Å². The van der Waals surface area contributed by atoms with E-state index in [4.69, 9.17) is 14.2 Å². The van der Waals surface area contributed by atoms with E-state index in [1.165, 1.54) is 244 Å². The summed E-state index contributed by atoms with van der Waals surface area (Å²) >= 11 is 0. The first-order valence-corrected chi connectivity index (χ1v) is 35.8. The number of hydrogen-bond acceptors (Lipinski definition) is 6. The molecular weight excluding hydrogens is 997 g/mol. The van der Waals surface area contributed by atoms with Crippen LogP contribution in [0, 0.1) is 0 Å². The van der Waals surface area contributed by atoms with Crippen LogP contribution in [0.4, 0.5) is 0 Å². The normalized spacial score (nSPS) is 12.4. The minimum atomic E-state index is -0.791. The fraction of sp³-hybridized carbons (Fsp3) is 0.827. The van der Waals surface area contributed by atoms with Gasteiger partial charge in [-0.2, -0.15) is 0 Å². The Morgan fingerprint density at radius 1 is 0.259 bits per heavy atom. The Bertz CT molecular complexity index is 1440. The summed E-state index contributed by atoms with van der Waals surface area (Å²) in [7, 11) is 0. The zero-order chi connectivity index (χ0) is 58.5. The summed E-state index contributed by atoms with van der Waals surface area (Å²) in [5.74, 6) is -0.889. The number of unbranched alkanes of at least 4 members (excludes halogenated alkanes) is 45. The summed E-state index contributed by atoms with van der Waals surface area (Å²) in [6, 6.07) is 0. The average Bonchev–Trinajstić information content (AvgIpc) is 3.47. The van der Waals surface area contributed by atoms with Crippen molar-refractivity contribution in [2.24, 2.45) is 0 Å². The van der Waals surface area contributed by atoms with Crippen LogP contribution in [0.5, 0.6) is 0 Å². The van der Waals surface area contributed by atoms with Gasteiger partial charge in [-0.1, -0.05) is 358 Å². The molecule has 6 nitrogen and oxygen atoms in total. The van der Waals surface area contributed by atoms with Crippen LogP contribution in [0.25, 0.3) is 0 Å². The molecule has 1 atom stereocenters. The van der Waals surface area contributed by atoms with E-state index in [0.717, 1.165) is 96.3 Å². The number of carbonyl (C=O) groups is 3. The highest BCUT2D eigenvalue weighted by Crippen LogP contribution is 2.19. The van der Waals surface area contributed by atoms with Gasteiger partial charge < -0.3 is 14.2 Å². The minimum Gasteiger partial charge on any atom is -0.462 e. The second-order valence-electron chi connectivity index (χ2n) is 24.1. The van der Waals surface area contributed by atoms with Crippen molar-refractivity contribution >= 4 is 17.9 Å². The quantitative estimate of drug-likeness (QED) is 0.0261. The maximum atomic E-state index is 12.9. The smallest absolute Gasteiger partial charge is 0.306 e. The standard InChI is InChI=1S/C75H136O6/c1-4-7-10-13-16-19-22-25-28-31-33-34-35-36-37-38-39-40-41-43-44-47-50-53-56-59-62-65-68-74(77)80-71-72(70-79-73(76)67-64-61-58-55-52-49-46-30-27-24-21-18-15-12-9-6-3)81-75(78)69-66-63-60-57-54-51-48-45-42-32-29-26-23-20-17-14-11-8-5-2/h8,11,17,20,26,29,42,45,51,54,72H,4-7,9-10,12-16,18-19,21-25,27-28,30-41,43-44,46-50,52-53,55-71H2,1-3H3/b11-8-,20-17-,29-26-,45-42-,54-51-. The lowest BCUT2D eigenvalue weighted by Gasteiger charge is -2.18. The van der Waals surface area contributed by atoms with Gasteiger partial charge in [0.15, 0.2) is 6.10 Å². The predicted octanol–water partition coefficient (Wildman–Crippen LogP) is 24.7. The molecule has 6 heteroatoms. The monoisotopic (exact) mass is 1130 g/mol. The number of ether oxygens (including phenoxy) is 3. The third kappa shape index (κ3) is 67.8. The lowest BCUT2D eigenvalue weighted by atomic mass is 10.0. The Morgan fingerprint density at radius 3 is 0.753 bits per heavy atom. The number of allylic oxidation sites excluding steroid dienone is 10. The first kappa shape index (κ1) is 78.1. The molecule has 0 aromatic heterocycles. The molecule has 0 fully saturated rings. The van der Waals surface area contributed by atoms with E-state index < -0.39 is 6.10 Å². The summed E-state index contributed by atoms with van der Waals surface area (Å²) in [5, 5.41) is 0. The van der Waals surface area contributed by atoms with E-state index in [-0.39, 0.29) is 31.1 Å². The third-order valence-corrected chi connectivity index (χ3v) is 16.0. The molecule has 1 unspecified atom stereocenters. The van der Waals surface area contributed by atoms with Crippen LogP contribution < -0.4 is 0 Å². The summed E-state index contributed by atoms with van der Waals surface area (Å²) < 4.78 is 17.0. The first-order valence-electron chi connectivity index (χ1n) is 35.8. The number of rotatable bonds is 66. The van der Waals surface area contributed by atoms with Gasteiger partial charge in [0.25, 0.3) is 0 Å². The van der Waals surface area contributed by atoms with Crippen molar-refractivity contribution in [2.75, 3.05) is 13.2 Å². The van der Waals surface area contributed by atoms with Crippen LogP contribution in [-0.2, 0) is 28.6 Å². The molecular formula is C75H136O6. The molecule has 0 rings (SSSR count). The Morgan fingerprint density at radius 2 is 0.481 bits per heavy atom. The summed E-state index contributed by atoms with van der Waals surface area (Å²) in [6.07, 6.45) is 89.7. The fourth-order valence-electron chi connectivity index (χ4n) is 10.7. The van der Waals surface area contributed by atoms with Gasteiger partial charge in [0.2, 0.25) is 0 Å². The number of hydrogen-bond donors (Lipinski definition) is 0. The zero-order valence-electron chi connectivity index (χ0n) is 54.3. The average molecular weight is 1130 g/mol.